The minimum atomic E-state index is -0.105. The topological polar surface area (TPSA) is 38.3 Å². The summed E-state index contributed by atoms with van der Waals surface area (Å²) in [5.41, 5.74) is 1.20. The molecule has 1 N–H and O–H groups in total. The van der Waals surface area contributed by atoms with E-state index in [0.717, 1.165) is 19.4 Å². The Balaban J connectivity index is 2.09. The first-order chi connectivity index (χ1) is 7.83. The van der Waals surface area contributed by atoms with Gasteiger partial charge in [-0.15, -0.1) is 0 Å². The van der Waals surface area contributed by atoms with Gasteiger partial charge in [0.2, 0.25) is 0 Å². The average molecular weight is 221 g/mol. The van der Waals surface area contributed by atoms with Crippen molar-refractivity contribution in [3.05, 3.63) is 35.9 Å². The van der Waals surface area contributed by atoms with Crippen molar-refractivity contribution in [3.63, 3.8) is 0 Å². The predicted octanol–water partition coefficient (Wildman–Crippen LogP) is 1.77. The summed E-state index contributed by atoms with van der Waals surface area (Å²) in [5.74, 6) is -0.105. The van der Waals surface area contributed by atoms with Crippen LogP contribution in [0, 0.1) is 0 Å². The molecule has 1 rings (SSSR count). The number of ether oxygens (including phenoxy) is 1. The van der Waals surface area contributed by atoms with E-state index in [1.807, 2.05) is 37.4 Å². The Hall–Kier alpha value is -1.35. The molecule has 3 nitrogen and oxygen atoms in total. The summed E-state index contributed by atoms with van der Waals surface area (Å²) in [6, 6.07) is 10.0. The van der Waals surface area contributed by atoms with Gasteiger partial charge in [-0.1, -0.05) is 30.3 Å². The van der Waals surface area contributed by atoms with Crippen molar-refractivity contribution in [2.75, 3.05) is 20.2 Å². The van der Waals surface area contributed by atoms with Gasteiger partial charge in [-0.3, -0.25) is 4.79 Å². The van der Waals surface area contributed by atoms with Crippen LogP contribution in [0.1, 0.15) is 18.4 Å². The second-order valence-electron chi connectivity index (χ2n) is 3.66. The van der Waals surface area contributed by atoms with Gasteiger partial charge in [0.25, 0.3) is 0 Å². The summed E-state index contributed by atoms with van der Waals surface area (Å²) >= 11 is 0. The lowest BCUT2D eigenvalue weighted by molar-refractivity contribution is -0.143. The van der Waals surface area contributed by atoms with Crippen molar-refractivity contribution >= 4 is 5.97 Å². The lowest BCUT2D eigenvalue weighted by atomic mass is 10.2. The Morgan fingerprint density at radius 1 is 1.31 bits per heavy atom. The van der Waals surface area contributed by atoms with Crippen LogP contribution < -0.4 is 5.32 Å². The molecule has 0 unspecified atom stereocenters. The number of nitrogens with one attached hydrogen (secondary N) is 1. The summed E-state index contributed by atoms with van der Waals surface area (Å²) in [5, 5.41) is 3.00. The molecule has 16 heavy (non-hydrogen) atoms. The van der Waals surface area contributed by atoms with Crippen molar-refractivity contribution in [1.82, 2.24) is 5.32 Å². The molecule has 0 fully saturated rings. The number of rotatable bonds is 7. The van der Waals surface area contributed by atoms with Crippen LogP contribution in [0.15, 0.2) is 30.3 Å². The van der Waals surface area contributed by atoms with Crippen LogP contribution in [-0.2, 0) is 16.0 Å². The van der Waals surface area contributed by atoms with Crippen LogP contribution in [0.3, 0.4) is 0 Å². The third-order valence-corrected chi connectivity index (χ3v) is 2.30. The third kappa shape index (κ3) is 5.51. The Bertz CT molecular complexity index is 298. The van der Waals surface area contributed by atoms with Gasteiger partial charge in [-0.2, -0.15) is 0 Å². The summed E-state index contributed by atoms with van der Waals surface area (Å²) in [4.78, 5) is 11.3. The molecular formula is C13H19NO2. The quantitative estimate of drug-likeness (QED) is 0.563. The number of hydrogen-bond acceptors (Lipinski definition) is 3. The monoisotopic (exact) mass is 221 g/mol. The van der Waals surface area contributed by atoms with Crippen LogP contribution in [0.4, 0.5) is 0 Å². The molecule has 1 aromatic rings. The maximum atomic E-state index is 11.3. The van der Waals surface area contributed by atoms with E-state index in [2.05, 4.69) is 5.32 Å². The van der Waals surface area contributed by atoms with E-state index in [4.69, 9.17) is 4.74 Å². The second-order valence-corrected chi connectivity index (χ2v) is 3.66. The molecule has 0 aliphatic heterocycles. The molecule has 0 heterocycles. The molecule has 0 atom stereocenters. The van der Waals surface area contributed by atoms with Gasteiger partial charge in [0.05, 0.1) is 6.61 Å². The fourth-order valence-electron chi connectivity index (χ4n) is 1.41. The average Bonchev–Trinajstić information content (AvgIpc) is 2.31. The van der Waals surface area contributed by atoms with Crippen molar-refractivity contribution in [3.8, 4) is 0 Å². The lowest BCUT2D eigenvalue weighted by Crippen LogP contribution is -2.12. The van der Waals surface area contributed by atoms with Crippen molar-refractivity contribution in [1.29, 1.82) is 0 Å². The van der Waals surface area contributed by atoms with Gasteiger partial charge in [0.15, 0.2) is 0 Å². The van der Waals surface area contributed by atoms with E-state index in [1.165, 1.54) is 5.56 Å². The van der Waals surface area contributed by atoms with Crippen molar-refractivity contribution in [2.24, 2.45) is 0 Å². The smallest absolute Gasteiger partial charge is 0.305 e. The minimum Gasteiger partial charge on any atom is -0.465 e. The van der Waals surface area contributed by atoms with Crippen molar-refractivity contribution in [2.45, 2.75) is 19.3 Å². The van der Waals surface area contributed by atoms with Crippen molar-refractivity contribution < 1.29 is 9.53 Å². The zero-order chi connectivity index (χ0) is 11.6. The zero-order valence-electron chi connectivity index (χ0n) is 9.74. The van der Waals surface area contributed by atoms with Crippen LogP contribution in [0.25, 0.3) is 0 Å². The standard InChI is InChI=1S/C13H19NO2/c1-14-10-5-8-13(15)16-11-9-12-6-3-2-4-7-12/h2-4,6-7,14H,5,8-11H2,1H3. The van der Waals surface area contributed by atoms with Gasteiger partial charge >= 0.3 is 5.97 Å². The summed E-state index contributed by atoms with van der Waals surface area (Å²) in [7, 11) is 1.88. The highest BCUT2D eigenvalue weighted by Crippen LogP contribution is 2.00. The van der Waals surface area contributed by atoms with E-state index < -0.39 is 0 Å². The first-order valence-corrected chi connectivity index (χ1v) is 5.67. The second kappa shape index (κ2) is 7.88. The fraction of sp³-hybridized carbons (Fsp3) is 0.462. The number of hydrogen-bond donors (Lipinski definition) is 1. The minimum absolute atomic E-state index is 0.105. The molecule has 0 aliphatic rings. The predicted molar refractivity (Wildman–Crippen MR) is 64.3 cm³/mol. The van der Waals surface area contributed by atoms with Gasteiger partial charge in [-0.25, -0.2) is 0 Å². The molecule has 3 heteroatoms. The number of carbonyl (C=O) groups is 1. The summed E-state index contributed by atoms with van der Waals surface area (Å²) in [6.07, 6.45) is 2.12. The largest absolute Gasteiger partial charge is 0.465 e. The van der Waals surface area contributed by atoms with E-state index in [9.17, 15) is 4.79 Å². The highest BCUT2D eigenvalue weighted by atomic mass is 16.5. The number of carbonyl (C=O) groups excluding carboxylic acids is 1. The van der Waals surface area contributed by atoms with Gasteiger partial charge < -0.3 is 10.1 Å². The van der Waals surface area contributed by atoms with E-state index in [1.54, 1.807) is 0 Å². The van der Waals surface area contributed by atoms with Crippen LogP contribution in [0.5, 0.6) is 0 Å². The zero-order valence-corrected chi connectivity index (χ0v) is 9.74. The first-order valence-electron chi connectivity index (χ1n) is 5.67. The maximum absolute atomic E-state index is 11.3. The van der Waals surface area contributed by atoms with Gasteiger partial charge in [-0.05, 0) is 25.6 Å². The van der Waals surface area contributed by atoms with Crippen LogP contribution in [-0.4, -0.2) is 26.2 Å². The molecule has 0 aromatic heterocycles. The molecule has 0 amide bonds. The highest BCUT2D eigenvalue weighted by Gasteiger charge is 2.01. The highest BCUT2D eigenvalue weighted by molar-refractivity contribution is 5.69. The Labute approximate surface area is 96.8 Å². The summed E-state index contributed by atoms with van der Waals surface area (Å²) in [6.45, 7) is 1.33. The molecule has 0 spiro atoms. The number of esters is 1. The molecule has 88 valence electrons. The van der Waals surface area contributed by atoms with Gasteiger partial charge in [0, 0.05) is 12.8 Å². The molecule has 0 bridgehead atoms. The van der Waals surface area contributed by atoms with Crippen LogP contribution in [0.2, 0.25) is 0 Å². The Morgan fingerprint density at radius 3 is 2.75 bits per heavy atom. The Kier molecular flexibility index (Phi) is 6.26. The molecular weight excluding hydrogens is 202 g/mol. The van der Waals surface area contributed by atoms with Crippen LogP contribution >= 0.6 is 0 Å². The fourth-order valence-corrected chi connectivity index (χ4v) is 1.41. The molecule has 0 saturated carbocycles. The first kappa shape index (κ1) is 12.7. The maximum Gasteiger partial charge on any atom is 0.305 e. The molecule has 0 saturated heterocycles. The number of benzene rings is 1. The normalized spacial score (nSPS) is 10.1. The van der Waals surface area contributed by atoms with Gasteiger partial charge in [0.1, 0.15) is 0 Å². The SMILES string of the molecule is CNCCCC(=O)OCCc1ccccc1. The van der Waals surface area contributed by atoms with E-state index in [-0.39, 0.29) is 5.97 Å². The third-order valence-electron chi connectivity index (χ3n) is 2.30. The molecule has 1 aromatic carbocycles. The molecule has 0 aliphatic carbocycles. The lowest BCUT2D eigenvalue weighted by Gasteiger charge is -2.04. The van der Waals surface area contributed by atoms with E-state index >= 15 is 0 Å². The Morgan fingerprint density at radius 2 is 2.06 bits per heavy atom. The van der Waals surface area contributed by atoms with E-state index in [0.29, 0.717) is 13.0 Å². The summed E-state index contributed by atoms with van der Waals surface area (Å²) < 4.78 is 5.13. The molecule has 0 radical (unpaired) electrons.